The molecule has 0 aliphatic carbocycles. The predicted molar refractivity (Wildman–Crippen MR) is 59.3 cm³/mol. The smallest absolute Gasteiger partial charge is 0.445 e. The van der Waals surface area contributed by atoms with Crippen LogP contribution in [0.15, 0.2) is 12.1 Å². The van der Waals surface area contributed by atoms with E-state index in [1.165, 1.54) is 0 Å². The van der Waals surface area contributed by atoms with Crippen molar-refractivity contribution in [1.29, 1.82) is 0 Å². The molecule has 0 spiro atoms. The summed E-state index contributed by atoms with van der Waals surface area (Å²) in [6.45, 7) is 1.84. The molecule has 94 valence electrons. The van der Waals surface area contributed by atoms with Gasteiger partial charge in [-0.1, -0.05) is 6.92 Å². The summed E-state index contributed by atoms with van der Waals surface area (Å²) < 4.78 is 42.5. The van der Waals surface area contributed by atoms with Crippen LogP contribution in [0, 0.1) is 0 Å². The summed E-state index contributed by atoms with van der Waals surface area (Å²) in [5.74, 6) is 0. The Hall–Kier alpha value is -0.485. The molecule has 2 nitrogen and oxygen atoms in total. The van der Waals surface area contributed by atoms with Gasteiger partial charge in [0.05, 0.1) is 6.10 Å². The van der Waals surface area contributed by atoms with Gasteiger partial charge in [0.15, 0.2) is 0 Å². The number of hydrogen-bond donors (Lipinski definition) is 0. The molecule has 1 aliphatic heterocycles. The summed E-state index contributed by atoms with van der Waals surface area (Å²) in [6, 6.07) is 0. The molecule has 1 aliphatic rings. The summed E-state index contributed by atoms with van der Waals surface area (Å²) in [6.07, 6.45) is 2.04. The molecule has 16 heavy (non-hydrogen) atoms. The van der Waals surface area contributed by atoms with E-state index in [-0.39, 0.29) is 12.6 Å². The van der Waals surface area contributed by atoms with Gasteiger partial charge in [-0.2, -0.15) is 0 Å². The molecule has 0 N–H and O–H groups in total. The van der Waals surface area contributed by atoms with Crippen LogP contribution < -0.4 is 0 Å². The van der Waals surface area contributed by atoms with Crippen LogP contribution in [0.1, 0.15) is 19.8 Å². The standard InChI is InChI=1S/C10H18BF3NO/c1-3-15(7-9(2)11(12,13)14)8-10-5-4-6-16-10/h10H,2-8H2,1H3/q-1. The molecular formula is C10H18BF3NO-. The number of rotatable bonds is 6. The summed E-state index contributed by atoms with van der Waals surface area (Å²) in [4.78, 5) is 1.74. The zero-order valence-corrected chi connectivity index (χ0v) is 9.59. The number of likely N-dealkylation sites (N-methyl/N-ethyl adjacent to an activating group) is 1. The Kier molecular flexibility index (Phi) is 4.86. The zero-order valence-electron chi connectivity index (χ0n) is 9.59. The molecule has 0 aromatic carbocycles. The van der Waals surface area contributed by atoms with Gasteiger partial charge in [0.2, 0.25) is 0 Å². The molecule has 1 heterocycles. The van der Waals surface area contributed by atoms with E-state index < -0.39 is 12.4 Å². The topological polar surface area (TPSA) is 12.5 Å². The van der Waals surface area contributed by atoms with Gasteiger partial charge in [-0.15, -0.1) is 12.1 Å². The molecule has 1 saturated heterocycles. The maximum absolute atomic E-state index is 12.4. The van der Waals surface area contributed by atoms with E-state index in [2.05, 4.69) is 6.58 Å². The maximum atomic E-state index is 12.4. The first-order chi connectivity index (χ1) is 7.43. The highest BCUT2D eigenvalue weighted by Gasteiger charge is 2.28. The van der Waals surface area contributed by atoms with E-state index in [0.717, 1.165) is 19.4 Å². The van der Waals surface area contributed by atoms with Crippen molar-refractivity contribution in [3.8, 4) is 0 Å². The fourth-order valence-electron chi connectivity index (χ4n) is 1.77. The molecule has 0 bridgehead atoms. The molecule has 1 fully saturated rings. The highest BCUT2D eigenvalue weighted by atomic mass is 19.4. The molecular weight excluding hydrogens is 218 g/mol. The van der Waals surface area contributed by atoms with E-state index in [4.69, 9.17) is 4.74 Å². The minimum atomic E-state index is -4.91. The van der Waals surface area contributed by atoms with Crippen LogP contribution in [0.25, 0.3) is 0 Å². The third-order valence-corrected chi connectivity index (χ3v) is 2.82. The Bertz CT molecular complexity index is 239. The third-order valence-electron chi connectivity index (χ3n) is 2.82. The summed E-state index contributed by atoms with van der Waals surface area (Å²) in [5, 5.41) is 0. The second-order valence-corrected chi connectivity index (χ2v) is 4.20. The van der Waals surface area contributed by atoms with Crippen molar-refractivity contribution >= 4 is 6.98 Å². The highest BCUT2D eigenvalue weighted by molar-refractivity contribution is 6.66. The lowest BCUT2D eigenvalue weighted by Gasteiger charge is -2.28. The molecule has 0 amide bonds. The van der Waals surface area contributed by atoms with E-state index in [1.54, 1.807) is 4.90 Å². The fourth-order valence-corrected chi connectivity index (χ4v) is 1.77. The average Bonchev–Trinajstić information content (AvgIpc) is 2.67. The van der Waals surface area contributed by atoms with Gasteiger partial charge in [-0.25, -0.2) is 0 Å². The minimum absolute atomic E-state index is 0.0912. The number of nitrogens with zero attached hydrogens (tertiary/aromatic N) is 1. The molecule has 0 aromatic heterocycles. The Morgan fingerprint density at radius 1 is 1.50 bits per heavy atom. The second-order valence-electron chi connectivity index (χ2n) is 4.20. The Balaban J connectivity index is 2.39. The summed E-state index contributed by atoms with van der Waals surface area (Å²) in [7, 11) is 0. The largest absolute Gasteiger partial charge is 0.506 e. The molecule has 1 unspecified atom stereocenters. The Labute approximate surface area is 94.5 Å². The van der Waals surface area contributed by atoms with E-state index in [0.29, 0.717) is 13.1 Å². The van der Waals surface area contributed by atoms with Gasteiger partial charge >= 0.3 is 6.98 Å². The monoisotopic (exact) mass is 236 g/mol. The van der Waals surface area contributed by atoms with Gasteiger partial charge < -0.3 is 22.6 Å². The molecule has 1 atom stereocenters. The van der Waals surface area contributed by atoms with Crippen LogP contribution in [0.4, 0.5) is 12.9 Å². The molecule has 0 radical (unpaired) electrons. The predicted octanol–water partition coefficient (Wildman–Crippen LogP) is 2.43. The molecule has 0 saturated carbocycles. The summed E-state index contributed by atoms with van der Waals surface area (Å²) in [5.41, 5.74) is -0.625. The van der Waals surface area contributed by atoms with Crippen LogP contribution in [0.5, 0.6) is 0 Å². The van der Waals surface area contributed by atoms with Crippen LogP contribution in [0.2, 0.25) is 0 Å². The lowest BCUT2D eigenvalue weighted by Crippen LogP contribution is -2.37. The van der Waals surface area contributed by atoms with Crippen molar-refractivity contribution in [1.82, 2.24) is 4.90 Å². The third kappa shape index (κ3) is 4.18. The quantitative estimate of drug-likeness (QED) is 0.656. The van der Waals surface area contributed by atoms with Gasteiger partial charge in [0, 0.05) is 13.2 Å². The molecule has 6 heteroatoms. The van der Waals surface area contributed by atoms with Crippen molar-refractivity contribution in [3.05, 3.63) is 12.1 Å². The number of hydrogen-bond acceptors (Lipinski definition) is 2. The SMILES string of the molecule is C=C(CN(CC)CC1CCCO1)[B-](F)(F)F. The highest BCUT2D eigenvalue weighted by Crippen LogP contribution is 2.20. The van der Waals surface area contributed by atoms with Crippen molar-refractivity contribution in [2.24, 2.45) is 0 Å². The zero-order chi connectivity index (χ0) is 12.2. The first-order valence-electron chi connectivity index (χ1n) is 5.65. The van der Waals surface area contributed by atoms with Gasteiger partial charge in [0.25, 0.3) is 0 Å². The van der Waals surface area contributed by atoms with Crippen molar-refractivity contribution in [3.63, 3.8) is 0 Å². The Morgan fingerprint density at radius 2 is 2.19 bits per heavy atom. The van der Waals surface area contributed by atoms with Gasteiger partial charge in [-0.05, 0) is 25.9 Å². The first-order valence-corrected chi connectivity index (χ1v) is 5.65. The van der Waals surface area contributed by atoms with Crippen LogP contribution in [-0.2, 0) is 4.74 Å². The normalized spacial score (nSPS) is 21.7. The fraction of sp³-hybridized carbons (Fsp3) is 0.800. The summed E-state index contributed by atoms with van der Waals surface area (Å²) >= 11 is 0. The number of halogens is 3. The van der Waals surface area contributed by atoms with Crippen LogP contribution in [0.3, 0.4) is 0 Å². The van der Waals surface area contributed by atoms with Crippen LogP contribution >= 0.6 is 0 Å². The lowest BCUT2D eigenvalue weighted by atomic mass is 9.80. The molecule has 0 aromatic rings. The van der Waals surface area contributed by atoms with E-state index >= 15 is 0 Å². The Morgan fingerprint density at radius 3 is 2.62 bits per heavy atom. The minimum Gasteiger partial charge on any atom is -0.445 e. The second kappa shape index (κ2) is 5.73. The van der Waals surface area contributed by atoms with Gasteiger partial charge in [-0.3, -0.25) is 0 Å². The van der Waals surface area contributed by atoms with Crippen molar-refractivity contribution in [2.45, 2.75) is 25.9 Å². The maximum Gasteiger partial charge on any atom is 0.506 e. The average molecular weight is 236 g/mol. The van der Waals surface area contributed by atoms with Gasteiger partial charge in [0.1, 0.15) is 0 Å². The first kappa shape index (κ1) is 13.6. The molecule has 1 rings (SSSR count). The van der Waals surface area contributed by atoms with Crippen molar-refractivity contribution < 1.29 is 17.7 Å². The van der Waals surface area contributed by atoms with E-state index in [1.807, 2.05) is 6.92 Å². The lowest BCUT2D eigenvalue weighted by molar-refractivity contribution is 0.0779. The van der Waals surface area contributed by atoms with Crippen molar-refractivity contribution in [2.75, 3.05) is 26.2 Å². The van der Waals surface area contributed by atoms with E-state index in [9.17, 15) is 12.9 Å². The van der Waals surface area contributed by atoms with Crippen LogP contribution in [-0.4, -0.2) is 44.2 Å². The number of ether oxygens (including phenoxy) is 1.